The van der Waals surface area contributed by atoms with Gasteiger partial charge >= 0.3 is 0 Å². The largest absolute Gasteiger partial charge is 0.489 e. The molecule has 0 aliphatic rings. The first-order chi connectivity index (χ1) is 8.88. The number of nitrogens with zero attached hydrogens (tertiary/aromatic N) is 1. The number of ether oxygens (including phenoxy) is 1. The van der Waals surface area contributed by atoms with E-state index in [9.17, 15) is 0 Å². The molecule has 0 saturated carbocycles. The quantitative estimate of drug-likeness (QED) is 0.845. The van der Waals surface area contributed by atoms with Gasteiger partial charge in [-0.25, -0.2) is 0 Å². The summed E-state index contributed by atoms with van der Waals surface area (Å²) in [6, 6.07) is 12.1. The maximum Gasteiger partial charge on any atom is 0.119 e. The Labute approximate surface area is 108 Å². The fourth-order valence-electron chi connectivity index (χ4n) is 1.62. The van der Waals surface area contributed by atoms with E-state index in [1.165, 1.54) is 5.56 Å². The molecule has 0 unspecified atom stereocenters. The van der Waals surface area contributed by atoms with Crippen LogP contribution in [0.3, 0.4) is 0 Å². The van der Waals surface area contributed by atoms with Crippen molar-refractivity contribution in [3.05, 3.63) is 59.9 Å². The average molecular weight is 242 g/mol. The van der Waals surface area contributed by atoms with Crippen LogP contribution in [0.1, 0.15) is 18.1 Å². The Kier molecular flexibility index (Phi) is 4.73. The van der Waals surface area contributed by atoms with Gasteiger partial charge in [0.2, 0.25) is 0 Å². The molecular formula is C15H18N2O. The van der Waals surface area contributed by atoms with Crippen molar-refractivity contribution in [1.29, 1.82) is 0 Å². The van der Waals surface area contributed by atoms with E-state index in [2.05, 4.69) is 29.4 Å². The van der Waals surface area contributed by atoms with Gasteiger partial charge in [0.25, 0.3) is 0 Å². The third kappa shape index (κ3) is 3.86. The zero-order chi connectivity index (χ0) is 12.6. The van der Waals surface area contributed by atoms with E-state index >= 15 is 0 Å². The number of aromatic nitrogens is 1. The fraction of sp³-hybridized carbons (Fsp3) is 0.267. The van der Waals surface area contributed by atoms with E-state index in [0.717, 1.165) is 24.4 Å². The molecule has 0 radical (unpaired) electrons. The summed E-state index contributed by atoms with van der Waals surface area (Å²) in [7, 11) is 0. The minimum atomic E-state index is 0.578. The predicted molar refractivity (Wildman–Crippen MR) is 72.4 cm³/mol. The lowest BCUT2D eigenvalue weighted by Gasteiger charge is -2.07. The molecule has 1 aromatic carbocycles. The first-order valence-corrected chi connectivity index (χ1v) is 6.20. The highest BCUT2D eigenvalue weighted by molar-refractivity contribution is 5.27. The van der Waals surface area contributed by atoms with Crippen molar-refractivity contribution in [2.24, 2.45) is 0 Å². The summed E-state index contributed by atoms with van der Waals surface area (Å²) in [6.07, 6.45) is 3.55. The Hall–Kier alpha value is -1.87. The first-order valence-electron chi connectivity index (χ1n) is 6.20. The van der Waals surface area contributed by atoms with Crippen LogP contribution < -0.4 is 10.1 Å². The first kappa shape index (κ1) is 12.6. The predicted octanol–water partition coefficient (Wildman–Crippen LogP) is 2.77. The lowest BCUT2D eigenvalue weighted by molar-refractivity contribution is 0.306. The van der Waals surface area contributed by atoms with E-state index in [1.807, 2.05) is 24.3 Å². The van der Waals surface area contributed by atoms with Crippen LogP contribution in [0, 0.1) is 0 Å². The SMILES string of the molecule is CCNCc1ccc(OCc2ccncc2)cc1. The lowest BCUT2D eigenvalue weighted by atomic mass is 10.2. The minimum absolute atomic E-state index is 0.578. The van der Waals surface area contributed by atoms with Crippen LogP contribution in [-0.4, -0.2) is 11.5 Å². The molecule has 0 bridgehead atoms. The summed E-state index contributed by atoms with van der Waals surface area (Å²) in [4.78, 5) is 3.98. The lowest BCUT2D eigenvalue weighted by Crippen LogP contribution is -2.11. The van der Waals surface area contributed by atoms with Crippen molar-refractivity contribution in [2.45, 2.75) is 20.1 Å². The monoisotopic (exact) mass is 242 g/mol. The van der Waals surface area contributed by atoms with Crippen molar-refractivity contribution in [3.8, 4) is 5.75 Å². The number of nitrogens with one attached hydrogen (secondary N) is 1. The van der Waals surface area contributed by atoms with Gasteiger partial charge in [-0.2, -0.15) is 0 Å². The molecule has 1 heterocycles. The Morgan fingerprint density at radius 2 is 1.72 bits per heavy atom. The zero-order valence-electron chi connectivity index (χ0n) is 10.6. The van der Waals surface area contributed by atoms with Crippen LogP contribution in [-0.2, 0) is 13.2 Å². The second kappa shape index (κ2) is 6.77. The standard InChI is InChI=1S/C15H18N2O/c1-2-16-11-13-3-5-15(6-4-13)18-12-14-7-9-17-10-8-14/h3-10,16H,2,11-12H2,1H3. The van der Waals surface area contributed by atoms with Gasteiger partial charge in [-0.1, -0.05) is 19.1 Å². The molecular weight excluding hydrogens is 224 g/mol. The van der Waals surface area contributed by atoms with Crippen molar-refractivity contribution < 1.29 is 4.74 Å². The highest BCUT2D eigenvalue weighted by atomic mass is 16.5. The van der Waals surface area contributed by atoms with Crippen LogP contribution in [0.2, 0.25) is 0 Å². The molecule has 2 rings (SSSR count). The summed E-state index contributed by atoms with van der Waals surface area (Å²) < 4.78 is 5.70. The average Bonchev–Trinajstić information content (AvgIpc) is 2.45. The highest BCUT2D eigenvalue weighted by Crippen LogP contribution is 2.13. The molecule has 0 amide bonds. The van der Waals surface area contributed by atoms with Gasteiger partial charge in [-0.3, -0.25) is 4.98 Å². The molecule has 1 N–H and O–H groups in total. The number of hydrogen-bond acceptors (Lipinski definition) is 3. The van der Waals surface area contributed by atoms with E-state index < -0.39 is 0 Å². The van der Waals surface area contributed by atoms with E-state index in [-0.39, 0.29) is 0 Å². The Bertz CT molecular complexity index is 454. The van der Waals surface area contributed by atoms with Gasteiger partial charge < -0.3 is 10.1 Å². The molecule has 0 spiro atoms. The highest BCUT2D eigenvalue weighted by Gasteiger charge is 1.96. The molecule has 0 fully saturated rings. The summed E-state index contributed by atoms with van der Waals surface area (Å²) in [5.74, 6) is 0.895. The maximum atomic E-state index is 5.70. The number of pyridine rings is 1. The Morgan fingerprint density at radius 3 is 2.39 bits per heavy atom. The second-order valence-electron chi connectivity index (χ2n) is 4.07. The van der Waals surface area contributed by atoms with Gasteiger partial charge in [0.15, 0.2) is 0 Å². The summed E-state index contributed by atoms with van der Waals surface area (Å²) in [6.45, 7) is 4.57. The van der Waals surface area contributed by atoms with Gasteiger partial charge in [0, 0.05) is 18.9 Å². The smallest absolute Gasteiger partial charge is 0.119 e. The molecule has 18 heavy (non-hydrogen) atoms. The van der Waals surface area contributed by atoms with Gasteiger partial charge in [0.1, 0.15) is 12.4 Å². The Morgan fingerprint density at radius 1 is 1.00 bits per heavy atom. The summed E-state index contributed by atoms with van der Waals surface area (Å²) >= 11 is 0. The van der Waals surface area contributed by atoms with Crippen LogP contribution in [0.15, 0.2) is 48.8 Å². The topological polar surface area (TPSA) is 34.1 Å². The van der Waals surface area contributed by atoms with Crippen molar-refractivity contribution in [3.63, 3.8) is 0 Å². The Balaban J connectivity index is 1.86. The number of rotatable bonds is 6. The molecule has 2 aromatic rings. The fourth-order valence-corrected chi connectivity index (χ4v) is 1.62. The van der Waals surface area contributed by atoms with Crippen LogP contribution in [0.25, 0.3) is 0 Å². The van der Waals surface area contributed by atoms with Crippen molar-refractivity contribution in [2.75, 3.05) is 6.54 Å². The molecule has 3 nitrogen and oxygen atoms in total. The molecule has 0 aliphatic carbocycles. The van der Waals surface area contributed by atoms with Gasteiger partial charge in [-0.05, 0) is 41.9 Å². The van der Waals surface area contributed by atoms with Gasteiger partial charge in [0.05, 0.1) is 0 Å². The molecule has 0 atom stereocenters. The molecule has 3 heteroatoms. The van der Waals surface area contributed by atoms with Gasteiger partial charge in [-0.15, -0.1) is 0 Å². The molecule has 0 aliphatic heterocycles. The van der Waals surface area contributed by atoms with Crippen LogP contribution in [0.4, 0.5) is 0 Å². The molecule has 0 saturated heterocycles. The van der Waals surface area contributed by atoms with Crippen LogP contribution in [0.5, 0.6) is 5.75 Å². The summed E-state index contributed by atoms with van der Waals surface area (Å²) in [5.41, 5.74) is 2.40. The van der Waals surface area contributed by atoms with Crippen LogP contribution >= 0.6 is 0 Å². The minimum Gasteiger partial charge on any atom is -0.489 e. The van der Waals surface area contributed by atoms with E-state index in [4.69, 9.17) is 4.74 Å². The van der Waals surface area contributed by atoms with Crippen molar-refractivity contribution in [1.82, 2.24) is 10.3 Å². The number of benzene rings is 1. The maximum absolute atomic E-state index is 5.70. The van der Waals surface area contributed by atoms with E-state index in [0.29, 0.717) is 6.61 Å². The number of hydrogen-bond donors (Lipinski definition) is 1. The third-order valence-corrected chi connectivity index (χ3v) is 2.66. The molecule has 1 aromatic heterocycles. The second-order valence-corrected chi connectivity index (χ2v) is 4.07. The zero-order valence-corrected chi connectivity index (χ0v) is 10.6. The summed E-state index contributed by atoms with van der Waals surface area (Å²) in [5, 5.41) is 3.29. The normalized spacial score (nSPS) is 10.3. The van der Waals surface area contributed by atoms with E-state index in [1.54, 1.807) is 12.4 Å². The molecule has 94 valence electrons. The third-order valence-electron chi connectivity index (χ3n) is 2.66. The van der Waals surface area contributed by atoms with Crippen molar-refractivity contribution >= 4 is 0 Å².